The van der Waals surface area contributed by atoms with Crippen LogP contribution in [0.3, 0.4) is 0 Å². The Morgan fingerprint density at radius 2 is 1.09 bits per heavy atom. The molecule has 0 amide bonds. The number of nitrogens with two attached hydrogens (primary N) is 1. The molecule has 3 atom stereocenters. The van der Waals surface area contributed by atoms with E-state index in [4.69, 9.17) is 24.8 Å². The average molecular weight is 782 g/mol. The van der Waals surface area contributed by atoms with Crippen LogP contribution in [0.15, 0.2) is 60.8 Å². The van der Waals surface area contributed by atoms with Gasteiger partial charge < -0.3 is 25.2 Å². The summed E-state index contributed by atoms with van der Waals surface area (Å²) in [4.78, 5) is 45.8. The molecule has 0 aromatic rings. The van der Waals surface area contributed by atoms with Crippen LogP contribution in [0, 0.1) is 0 Å². The molecule has 0 rings (SSSR count). The fourth-order valence-corrected chi connectivity index (χ4v) is 5.93. The average Bonchev–Trinajstić information content (AvgIpc) is 3.14. The van der Waals surface area contributed by atoms with E-state index in [1.54, 1.807) is 0 Å². The van der Waals surface area contributed by atoms with E-state index in [2.05, 4.69) is 36.6 Å². The topological polar surface area (TPSA) is 172 Å². The fourth-order valence-electron chi connectivity index (χ4n) is 5.15. The second-order valence-corrected chi connectivity index (χ2v) is 14.9. The molecule has 0 aliphatic carbocycles. The summed E-state index contributed by atoms with van der Waals surface area (Å²) in [5.74, 6) is -2.48. The van der Waals surface area contributed by atoms with Gasteiger partial charge >= 0.3 is 25.7 Å². The molecular formula is C42H72NO10P. The Hall–Kier alpha value is -2.82. The molecule has 54 heavy (non-hydrogen) atoms. The van der Waals surface area contributed by atoms with Crippen LogP contribution in [0.1, 0.15) is 155 Å². The van der Waals surface area contributed by atoms with Crippen LogP contribution in [0.5, 0.6) is 0 Å². The molecule has 310 valence electrons. The number of hydrogen-bond acceptors (Lipinski definition) is 9. The Labute approximate surface area is 326 Å². The van der Waals surface area contributed by atoms with Crippen molar-refractivity contribution in [3.8, 4) is 0 Å². The lowest BCUT2D eigenvalue weighted by molar-refractivity contribution is -0.161. The van der Waals surface area contributed by atoms with Gasteiger partial charge in [0, 0.05) is 12.8 Å². The van der Waals surface area contributed by atoms with Gasteiger partial charge in [0.2, 0.25) is 0 Å². The number of esters is 2. The van der Waals surface area contributed by atoms with E-state index < -0.39 is 51.1 Å². The number of carboxylic acids is 1. The quantitative estimate of drug-likeness (QED) is 0.0180. The smallest absolute Gasteiger partial charge is 0.472 e. The van der Waals surface area contributed by atoms with Gasteiger partial charge in [-0.25, -0.2) is 4.57 Å². The molecule has 0 heterocycles. The van der Waals surface area contributed by atoms with Crippen molar-refractivity contribution in [2.45, 2.75) is 167 Å². The highest BCUT2D eigenvalue weighted by atomic mass is 31.2. The minimum atomic E-state index is -4.73. The number of carbonyl (C=O) groups is 3. The van der Waals surface area contributed by atoms with Crippen molar-refractivity contribution >= 4 is 25.7 Å². The summed E-state index contributed by atoms with van der Waals surface area (Å²) in [7, 11) is -4.73. The molecule has 0 spiro atoms. The zero-order chi connectivity index (χ0) is 40.0. The zero-order valence-corrected chi connectivity index (χ0v) is 34.2. The zero-order valence-electron chi connectivity index (χ0n) is 33.3. The van der Waals surface area contributed by atoms with Gasteiger partial charge in [0.25, 0.3) is 0 Å². The second kappa shape index (κ2) is 37.1. The highest BCUT2D eigenvalue weighted by Gasteiger charge is 2.28. The predicted octanol–water partition coefficient (Wildman–Crippen LogP) is 10.4. The van der Waals surface area contributed by atoms with Crippen molar-refractivity contribution in [1.29, 1.82) is 0 Å². The van der Waals surface area contributed by atoms with E-state index in [9.17, 15) is 23.8 Å². The number of phosphoric ester groups is 1. The number of aliphatic carboxylic acids is 1. The van der Waals surface area contributed by atoms with E-state index in [-0.39, 0.29) is 19.4 Å². The molecule has 0 aliphatic rings. The van der Waals surface area contributed by atoms with Crippen molar-refractivity contribution in [3.63, 3.8) is 0 Å². The van der Waals surface area contributed by atoms with Gasteiger partial charge in [0.05, 0.1) is 13.2 Å². The number of carboxylic acid groups (broad SMARTS) is 1. The first-order valence-electron chi connectivity index (χ1n) is 20.4. The Balaban J connectivity index is 4.49. The molecule has 11 nitrogen and oxygen atoms in total. The number of ether oxygens (including phenoxy) is 2. The number of rotatable bonds is 37. The Morgan fingerprint density at radius 3 is 1.69 bits per heavy atom. The molecule has 4 N–H and O–H groups in total. The second-order valence-electron chi connectivity index (χ2n) is 13.5. The minimum absolute atomic E-state index is 0.126. The van der Waals surface area contributed by atoms with Crippen LogP contribution in [0.4, 0.5) is 0 Å². The number of unbranched alkanes of at least 4 members (excludes halogenated alkanes) is 16. The number of phosphoric acid groups is 1. The van der Waals surface area contributed by atoms with Crippen LogP contribution < -0.4 is 5.73 Å². The van der Waals surface area contributed by atoms with E-state index in [1.807, 2.05) is 42.5 Å². The molecule has 0 aromatic heterocycles. The van der Waals surface area contributed by atoms with Crippen LogP contribution in [-0.2, 0) is 37.5 Å². The lowest BCUT2D eigenvalue weighted by Gasteiger charge is -2.20. The number of allylic oxidation sites excluding steroid dienone is 10. The number of hydrogen-bond donors (Lipinski definition) is 3. The molecule has 1 unspecified atom stereocenters. The van der Waals surface area contributed by atoms with Gasteiger partial charge in [-0.05, 0) is 44.9 Å². The van der Waals surface area contributed by atoms with E-state index >= 15 is 0 Å². The van der Waals surface area contributed by atoms with Crippen molar-refractivity contribution in [1.82, 2.24) is 0 Å². The summed E-state index contributed by atoms with van der Waals surface area (Å²) in [6.07, 6.45) is 41.6. The lowest BCUT2D eigenvalue weighted by atomic mass is 10.1. The first-order valence-corrected chi connectivity index (χ1v) is 21.9. The molecule has 0 bridgehead atoms. The van der Waals surface area contributed by atoms with Gasteiger partial charge in [0.1, 0.15) is 12.6 Å². The molecule has 0 saturated carbocycles. The Morgan fingerprint density at radius 1 is 0.593 bits per heavy atom. The van der Waals surface area contributed by atoms with E-state index in [0.29, 0.717) is 12.8 Å². The Kier molecular flexibility index (Phi) is 35.2. The normalized spacial score (nSPS) is 14.4. The third-order valence-electron chi connectivity index (χ3n) is 8.36. The Bertz CT molecular complexity index is 1150. The fraction of sp³-hybridized carbons (Fsp3) is 0.690. The van der Waals surface area contributed by atoms with Gasteiger partial charge in [-0.1, -0.05) is 158 Å². The summed E-state index contributed by atoms with van der Waals surface area (Å²) in [5, 5.41) is 8.87. The highest BCUT2D eigenvalue weighted by Crippen LogP contribution is 2.43. The third kappa shape index (κ3) is 36.2. The molecular weight excluding hydrogens is 709 g/mol. The standard InChI is InChI=1S/C42H72NO10P/c1-3-5-7-9-11-13-15-17-19-21-23-25-27-29-31-33-40(44)50-35-38(36-51-54(48,49)52-37-39(43)42(46)47)53-41(45)34-32-30-28-26-24-22-20-18-16-14-12-10-8-6-4-2/h6,8,10,12,14,16,18,20,27,29,38-39H,3-5,7,9,11,13,15,17,19,21-26,28,30-37,43H2,1-2H3,(H,46,47)(H,48,49)/b8-6+,12-10+,16-14+,20-18+,29-27+/t38-,39+/m1/s1. The van der Waals surface area contributed by atoms with Gasteiger partial charge in [-0.15, -0.1) is 0 Å². The summed E-state index contributed by atoms with van der Waals surface area (Å²) in [5.41, 5.74) is 5.32. The predicted molar refractivity (Wildman–Crippen MR) is 217 cm³/mol. The van der Waals surface area contributed by atoms with Crippen LogP contribution in [-0.4, -0.2) is 59.9 Å². The first kappa shape index (κ1) is 51.2. The van der Waals surface area contributed by atoms with Crippen LogP contribution in [0.25, 0.3) is 0 Å². The first-order chi connectivity index (χ1) is 26.1. The van der Waals surface area contributed by atoms with Crippen LogP contribution in [0.2, 0.25) is 0 Å². The third-order valence-corrected chi connectivity index (χ3v) is 9.31. The molecule has 0 aliphatic heterocycles. The summed E-state index contributed by atoms with van der Waals surface area (Å²) >= 11 is 0. The van der Waals surface area contributed by atoms with Gasteiger partial charge in [-0.2, -0.15) is 0 Å². The molecule has 12 heteroatoms. The highest BCUT2D eigenvalue weighted by molar-refractivity contribution is 7.47. The van der Waals surface area contributed by atoms with Crippen molar-refractivity contribution < 1.29 is 47.5 Å². The maximum atomic E-state index is 12.6. The molecule has 0 saturated heterocycles. The minimum Gasteiger partial charge on any atom is -0.480 e. The SMILES string of the molecule is CC/C=C/C=C/C=C/C=C/CCCCCCCC(=O)O[C@H](COC(=O)CC/C=C/CCCCCCCCCCCCC)COP(=O)(O)OC[C@H](N)C(=O)O. The summed E-state index contributed by atoms with van der Waals surface area (Å²) in [6.45, 7) is 2.58. The van der Waals surface area contributed by atoms with Gasteiger partial charge in [0.15, 0.2) is 6.10 Å². The lowest BCUT2D eigenvalue weighted by Crippen LogP contribution is -2.34. The van der Waals surface area contributed by atoms with E-state index in [1.165, 1.54) is 64.2 Å². The van der Waals surface area contributed by atoms with Crippen molar-refractivity contribution in [2.24, 2.45) is 5.73 Å². The van der Waals surface area contributed by atoms with Gasteiger partial charge in [-0.3, -0.25) is 23.4 Å². The molecule has 0 aromatic carbocycles. The number of carbonyl (C=O) groups excluding carboxylic acids is 2. The summed E-state index contributed by atoms with van der Waals surface area (Å²) < 4.78 is 32.5. The maximum Gasteiger partial charge on any atom is 0.472 e. The molecule has 0 radical (unpaired) electrons. The van der Waals surface area contributed by atoms with E-state index in [0.717, 1.165) is 51.4 Å². The largest absolute Gasteiger partial charge is 0.480 e. The van der Waals surface area contributed by atoms with Crippen LogP contribution >= 0.6 is 7.82 Å². The van der Waals surface area contributed by atoms with Crippen molar-refractivity contribution in [3.05, 3.63) is 60.8 Å². The van der Waals surface area contributed by atoms with Crippen molar-refractivity contribution in [2.75, 3.05) is 19.8 Å². The summed E-state index contributed by atoms with van der Waals surface area (Å²) in [6, 6.07) is -1.53. The molecule has 0 fully saturated rings. The monoisotopic (exact) mass is 781 g/mol. The maximum absolute atomic E-state index is 12.6.